The first-order valence-corrected chi connectivity index (χ1v) is 8.35. The van der Waals surface area contributed by atoms with Gasteiger partial charge in [-0.25, -0.2) is 0 Å². The van der Waals surface area contributed by atoms with Crippen molar-refractivity contribution < 1.29 is 19.2 Å². The second-order valence-corrected chi connectivity index (χ2v) is 6.50. The fourth-order valence-corrected chi connectivity index (χ4v) is 2.87. The van der Waals surface area contributed by atoms with Crippen molar-refractivity contribution in [3.8, 4) is 5.75 Å². The molecule has 1 unspecified atom stereocenters. The van der Waals surface area contributed by atoms with Gasteiger partial charge in [-0.2, -0.15) is 0 Å². The molecule has 1 atom stereocenters. The molecule has 1 amide bonds. The molecule has 8 heteroatoms. The van der Waals surface area contributed by atoms with Crippen LogP contribution < -0.4 is 10.1 Å². The van der Waals surface area contributed by atoms with Crippen LogP contribution in [0.2, 0.25) is 0 Å². The number of amides is 1. The number of benzene rings is 1. The van der Waals surface area contributed by atoms with Crippen molar-refractivity contribution in [1.82, 2.24) is 10.2 Å². The van der Waals surface area contributed by atoms with E-state index < -0.39 is 10.8 Å². The first kappa shape index (κ1) is 19.1. The SMILES string of the molecule is COc1ccc([N+](=O)[O-])cc1C(=O)NCC1CN(CC(C)C)CCO1. The Labute approximate surface area is 147 Å². The number of hydrogen-bond acceptors (Lipinski definition) is 6. The fraction of sp³-hybridized carbons (Fsp3) is 0.588. The fourth-order valence-electron chi connectivity index (χ4n) is 2.87. The molecule has 2 rings (SSSR count). The molecule has 1 heterocycles. The van der Waals surface area contributed by atoms with Gasteiger partial charge >= 0.3 is 0 Å². The molecule has 0 spiro atoms. The number of nitrogens with one attached hydrogen (secondary N) is 1. The van der Waals surface area contributed by atoms with E-state index in [2.05, 4.69) is 24.1 Å². The van der Waals surface area contributed by atoms with Crippen molar-refractivity contribution in [1.29, 1.82) is 0 Å². The summed E-state index contributed by atoms with van der Waals surface area (Å²) in [6.07, 6.45) is -0.0962. The van der Waals surface area contributed by atoms with E-state index in [1.807, 2.05) is 0 Å². The lowest BCUT2D eigenvalue weighted by Gasteiger charge is -2.34. The van der Waals surface area contributed by atoms with E-state index in [1.165, 1.54) is 25.3 Å². The molecule has 1 aliphatic rings. The Balaban J connectivity index is 1.97. The van der Waals surface area contributed by atoms with Gasteiger partial charge in [-0.1, -0.05) is 13.8 Å². The predicted octanol–water partition coefficient (Wildman–Crippen LogP) is 1.69. The van der Waals surface area contributed by atoms with Gasteiger partial charge in [0.15, 0.2) is 0 Å². The Kier molecular flexibility index (Phi) is 6.72. The summed E-state index contributed by atoms with van der Waals surface area (Å²) in [5, 5.41) is 13.7. The van der Waals surface area contributed by atoms with E-state index in [0.717, 1.165) is 19.6 Å². The zero-order valence-corrected chi connectivity index (χ0v) is 14.9. The number of non-ortho nitro benzene ring substituents is 1. The van der Waals surface area contributed by atoms with Crippen molar-refractivity contribution in [2.24, 2.45) is 5.92 Å². The summed E-state index contributed by atoms with van der Waals surface area (Å²) in [5.74, 6) is 0.460. The Morgan fingerprint density at radius 2 is 2.28 bits per heavy atom. The largest absolute Gasteiger partial charge is 0.496 e. The quantitative estimate of drug-likeness (QED) is 0.593. The van der Waals surface area contributed by atoms with Gasteiger partial charge in [-0.3, -0.25) is 19.8 Å². The van der Waals surface area contributed by atoms with Gasteiger partial charge in [0, 0.05) is 38.3 Å². The molecule has 0 aromatic heterocycles. The van der Waals surface area contributed by atoms with Crippen LogP contribution in [0.3, 0.4) is 0 Å². The average Bonchev–Trinajstić information content (AvgIpc) is 2.58. The smallest absolute Gasteiger partial charge is 0.270 e. The Hall–Kier alpha value is -2.19. The summed E-state index contributed by atoms with van der Waals surface area (Å²) in [5.41, 5.74) is -0.00507. The maximum Gasteiger partial charge on any atom is 0.270 e. The predicted molar refractivity (Wildman–Crippen MR) is 93.0 cm³/mol. The molecular formula is C17H25N3O5. The Morgan fingerprint density at radius 3 is 2.92 bits per heavy atom. The summed E-state index contributed by atoms with van der Waals surface area (Å²) in [4.78, 5) is 25.1. The van der Waals surface area contributed by atoms with E-state index in [4.69, 9.17) is 9.47 Å². The molecule has 1 fully saturated rings. The topological polar surface area (TPSA) is 93.9 Å². The van der Waals surface area contributed by atoms with E-state index in [-0.39, 0.29) is 17.4 Å². The number of methoxy groups -OCH3 is 1. The zero-order chi connectivity index (χ0) is 18.4. The lowest BCUT2D eigenvalue weighted by Crippen LogP contribution is -2.48. The van der Waals surface area contributed by atoms with Gasteiger partial charge in [0.1, 0.15) is 5.75 Å². The molecule has 8 nitrogen and oxygen atoms in total. The van der Waals surface area contributed by atoms with Crippen molar-refractivity contribution >= 4 is 11.6 Å². The highest BCUT2D eigenvalue weighted by Crippen LogP contribution is 2.23. The number of hydrogen-bond donors (Lipinski definition) is 1. The zero-order valence-electron chi connectivity index (χ0n) is 14.9. The molecule has 138 valence electrons. The first-order valence-electron chi connectivity index (χ1n) is 8.35. The summed E-state index contributed by atoms with van der Waals surface area (Å²) in [6.45, 7) is 7.95. The molecule has 1 saturated heterocycles. The third-order valence-corrected chi connectivity index (χ3v) is 3.98. The van der Waals surface area contributed by atoms with Gasteiger partial charge < -0.3 is 14.8 Å². The number of carbonyl (C=O) groups is 1. The normalized spacial score (nSPS) is 18.2. The van der Waals surface area contributed by atoms with Gasteiger partial charge in [0.2, 0.25) is 0 Å². The summed E-state index contributed by atoms with van der Waals surface area (Å²) >= 11 is 0. The summed E-state index contributed by atoms with van der Waals surface area (Å²) in [7, 11) is 1.42. The van der Waals surface area contributed by atoms with E-state index in [9.17, 15) is 14.9 Å². The van der Waals surface area contributed by atoms with Crippen LogP contribution in [0.5, 0.6) is 5.75 Å². The molecule has 1 aliphatic heterocycles. The van der Waals surface area contributed by atoms with Crippen molar-refractivity contribution in [3.63, 3.8) is 0 Å². The van der Waals surface area contributed by atoms with Crippen LogP contribution in [0.25, 0.3) is 0 Å². The van der Waals surface area contributed by atoms with Gasteiger partial charge in [-0.05, 0) is 12.0 Å². The van der Waals surface area contributed by atoms with Crippen LogP contribution in [0.4, 0.5) is 5.69 Å². The average molecular weight is 351 g/mol. The third-order valence-electron chi connectivity index (χ3n) is 3.98. The van der Waals surface area contributed by atoms with E-state index in [1.54, 1.807) is 0 Å². The van der Waals surface area contributed by atoms with Crippen LogP contribution in [0, 0.1) is 16.0 Å². The van der Waals surface area contributed by atoms with Gasteiger partial charge in [0.05, 0.1) is 30.3 Å². The molecular weight excluding hydrogens is 326 g/mol. The van der Waals surface area contributed by atoms with Crippen molar-refractivity contribution in [2.75, 3.05) is 39.9 Å². The highest BCUT2D eigenvalue weighted by molar-refractivity contribution is 5.97. The molecule has 1 aromatic rings. The Bertz CT molecular complexity index is 620. The second-order valence-electron chi connectivity index (χ2n) is 6.50. The molecule has 0 aliphatic carbocycles. The van der Waals surface area contributed by atoms with Gasteiger partial charge in [-0.15, -0.1) is 0 Å². The molecule has 0 saturated carbocycles. The van der Waals surface area contributed by atoms with Crippen LogP contribution >= 0.6 is 0 Å². The lowest BCUT2D eigenvalue weighted by atomic mass is 10.1. The number of morpholine rings is 1. The number of carbonyl (C=O) groups excluding carboxylic acids is 1. The monoisotopic (exact) mass is 351 g/mol. The van der Waals surface area contributed by atoms with Gasteiger partial charge in [0.25, 0.3) is 11.6 Å². The lowest BCUT2D eigenvalue weighted by molar-refractivity contribution is -0.384. The summed E-state index contributed by atoms with van der Waals surface area (Å²) in [6, 6.07) is 3.96. The molecule has 25 heavy (non-hydrogen) atoms. The summed E-state index contributed by atoms with van der Waals surface area (Å²) < 4.78 is 10.8. The Morgan fingerprint density at radius 1 is 1.52 bits per heavy atom. The third kappa shape index (κ3) is 5.40. The van der Waals surface area contributed by atoms with Crippen molar-refractivity contribution in [3.05, 3.63) is 33.9 Å². The first-order chi connectivity index (χ1) is 11.9. The standard InChI is InChI=1S/C17H25N3O5/c1-12(2)10-19-6-7-25-14(11-19)9-18-17(21)15-8-13(20(22)23)4-5-16(15)24-3/h4-5,8,12,14H,6-7,9-11H2,1-3H3,(H,18,21). The number of ether oxygens (including phenoxy) is 2. The molecule has 1 aromatic carbocycles. The minimum absolute atomic E-state index is 0.0962. The van der Waals surface area contributed by atoms with E-state index in [0.29, 0.717) is 24.8 Å². The number of nitro groups is 1. The van der Waals surface area contributed by atoms with Crippen LogP contribution in [-0.4, -0.2) is 61.7 Å². The van der Waals surface area contributed by atoms with Crippen LogP contribution in [-0.2, 0) is 4.74 Å². The molecule has 0 bridgehead atoms. The highest BCUT2D eigenvalue weighted by Gasteiger charge is 2.23. The minimum atomic E-state index is -0.537. The number of rotatable bonds is 7. The maximum atomic E-state index is 12.4. The van der Waals surface area contributed by atoms with Crippen LogP contribution in [0.1, 0.15) is 24.2 Å². The minimum Gasteiger partial charge on any atom is -0.496 e. The van der Waals surface area contributed by atoms with Crippen LogP contribution in [0.15, 0.2) is 18.2 Å². The van der Waals surface area contributed by atoms with E-state index >= 15 is 0 Å². The second kappa shape index (κ2) is 8.77. The van der Waals surface area contributed by atoms with Crippen molar-refractivity contribution in [2.45, 2.75) is 20.0 Å². The maximum absolute atomic E-state index is 12.4. The number of nitrogens with zero attached hydrogens (tertiary/aromatic N) is 2. The molecule has 1 N–H and O–H groups in total. The molecule has 0 radical (unpaired) electrons. The number of nitro benzene ring substituents is 1. The highest BCUT2D eigenvalue weighted by atomic mass is 16.6.